The van der Waals surface area contributed by atoms with Crippen LogP contribution in [0.1, 0.15) is 47.3 Å². The van der Waals surface area contributed by atoms with Crippen LogP contribution in [0.25, 0.3) is 0 Å². The lowest BCUT2D eigenvalue weighted by atomic mass is 9.87. The van der Waals surface area contributed by atoms with Gasteiger partial charge in [0.15, 0.2) is 0 Å². The van der Waals surface area contributed by atoms with Gasteiger partial charge in [-0.1, -0.05) is 24.3 Å². The van der Waals surface area contributed by atoms with E-state index in [4.69, 9.17) is 0 Å². The third-order valence-corrected chi connectivity index (χ3v) is 5.15. The second-order valence-electron chi connectivity index (χ2n) is 6.93. The van der Waals surface area contributed by atoms with Gasteiger partial charge in [0.05, 0.1) is 23.5 Å². The van der Waals surface area contributed by atoms with E-state index in [9.17, 15) is 18.0 Å². The highest BCUT2D eigenvalue weighted by atomic mass is 32.2. The molecule has 1 unspecified atom stereocenters. The number of carbonyl (C=O) groups excluding carboxylic acids is 2. The highest BCUT2D eigenvalue weighted by Gasteiger charge is 2.23. The van der Waals surface area contributed by atoms with Gasteiger partial charge in [-0.05, 0) is 48.6 Å². The van der Waals surface area contributed by atoms with E-state index in [0.717, 1.165) is 31.1 Å². The number of aryl methyl sites for hydroxylation is 1. The first-order valence-electron chi connectivity index (χ1n) is 9.01. The van der Waals surface area contributed by atoms with Crippen LogP contribution >= 0.6 is 0 Å². The molecule has 0 fully saturated rings. The Kier molecular flexibility index (Phi) is 5.69. The van der Waals surface area contributed by atoms with Gasteiger partial charge in [0.2, 0.25) is 15.9 Å². The number of fused-ring (bicyclic) bond motifs is 1. The molecule has 2 aromatic rings. The molecule has 0 saturated heterocycles. The van der Waals surface area contributed by atoms with E-state index < -0.39 is 15.9 Å². The van der Waals surface area contributed by atoms with Crippen LogP contribution in [0.2, 0.25) is 0 Å². The van der Waals surface area contributed by atoms with Crippen molar-refractivity contribution < 1.29 is 18.0 Å². The van der Waals surface area contributed by atoms with Gasteiger partial charge in [-0.3, -0.25) is 14.3 Å². The van der Waals surface area contributed by atoms with Crippen molar-refractivity contribution in [2.75, 3.05) is 16.3 Å². The molecule has 0 saturated carbocycles. The fourth-order valence-electron chi connectivity index (χ4n) is 3.44. The summed E-state index contributed by atoms with van der Waals surface area (Å²) < 4.78 is 25.7. The normalized spacial score (nSPS) is 16.0. The van der Waals surface area contributed by atoms with Gasteiger partial charge in [0.25, 0.3) is 5.91 Å². The average molecular weight is 401 g/mol. The fourth-order valence-corrected chi connectivity index (χ4v) is 4.02. The third kappa shape index (κ3) is 4.89. The Bertz CT molecular complexity index is 1020. The van der Waals surface area contributed by atoms with Crippen molar-refractivity contribution in [3.63, 3.8) is 0 Å². The maximum Gasteiger partial charge on any atom is 0.253 e. The van der Waals surface area contributed by atoms with E-state index in [-0.39, 0.29) is 23.2 Å². The van der Waals surface area contributed by atoms with E-state index in [1.165, 1.54) is 24.6 Å². The summed E-state index contributed by atoms with van der Waals surface area (Å²) in [6.07, 6.45) is 3.76. The summed E-state index contributed by atoms with van der Waals surface area (Å²) in [6.45, 7) is 1.36. The van der Waals surface area contributed by atoms with Crippen LogP contribution in [0.5, 0.6) is 0 Å². The Morgan fingerprint density at radius 3 is 2.57 bits per heavy atom. The maximum absolute atomic E-state index is 13.0. The number of sulfonamides is 1. The Labute approximate surface area is 164 Å². The predicted octanol–water partition coefficient (Wildman–Crippen LogP) is 2.82. The molecular weight excluding hydrogens is 378 g/mol. The van der Waals surface area contributed by atoms with Crippen molar-refractivity contribution >= 4 is 33.2 Å². The summed E-state index contributed by atoms with van der Waals surface area (Å²) in [5.74, 6) is -0.684. The smallest absolute Gasteiger partial charge is 0.253 e. The second kappa shape index (κ2) is 8.02. The van der Waals surface area contributed by atoms with E-state index in [1.54, 1.807) is 6.07 Å². The molecule has 0 aromatic heterocycles. The number of hydrogen-bond acceptors (Lipinski definition) is 4. The zero-order valence-electron chi connectivity index (χ0n) is 15.8. The molecule has 2 aromatic carbocycles. The van der Waals surface area contributed by atoms with Crippen LogP contribution in [-0.4, -0.2) is 26.5 Å². The standard InChI is InChI=1S/C20H23N3O4S/c1-13(24)21-15-10-11-19(23-28(2,26)27)17(12-15)20(25)22-18-9-5-7-14-6-3-4-8-16(14)18/h3-4,6,8,10-12,18,23H,5,7,9H2,1-2H3,(H,21,24)(H,22,25). The van der Waals surface area contributed by atoms with Crippen molar-refractivity contribution in [3.8, 4) is 0 Å². The Morgan fingerprint density at radius 1 is 1.11 bits per heavy atom. The minimum atomic E-state index is -3.57. The summed E-state index contributed by atoms with van der Waals surface area (Å²) in [7, 11) is -3.57. The molecule has 1 aliphatic rings. The number of nitrogens with one attached hydrogen (secondary N) is 3. The SMILES string of the molecule is CC(=O)Nc1ccc(NS(C)(=O)=O)c(C(=O)NC2CCCc3ccccc32)c1. The highest BCUT2D eigenvalue weighted by molar-refractivity contribution is 7.92. The third-order valence-electron chi connectivity index (χ3n) is 4.55. The van der Waals surface area contributed by atoms with Crippen LogP contribution in [0.15, 0.2) is 42.5 Å². The molecule has 8 heteroatoms. The predicted molar refractivity (Wildman–Crippen MR) is 109 cm³/mol. The lowest BCUT2D eigenvalue weighted by Crippen LogP contribution is -2.31. The topological polar surface area (TPSA) is 104 Å². The number of rotatable bonds is 5. The summed E-state index contributed by atoms with van der Waals surface area (Å²) >= 11 is 0. The number of amides is 2. The summed E-state index contributed by atoms with van der Waals surface area (Å²) in [6, 6.07) is 12.3. The number of hydrogen-bond donors (Lipinski definition) is 3. The van der Waals surface area contributed by atoms with Crippen LogP contribution < -0.4 is 15.4 Å². The molecule has 148 valence electrons. The van der Waals surface area contributed by atoms with Crippen molar-refractivity contribution in [3.05, 3.63) is 59.2 Å². The first kappa shape index (κ1) is 19.9. The summed E-state index contributed by atoms with van der Waals surface area (Å²) in [4.78, 5) is 24.3. The van der Waals surface area contributed by atoms with Gasteiger partial charge in [-0.25, -0.2) is 8.42 Å². The molecule has 0 spiro atoms. The van der Waals surface area contributed by atoms with E-state index in [0.29, 0.717) is 5.69 Å². The summed E-state index contributed by atoms with van der Waals surface area (Å²) in [5, 5.41) is 5.62. The number of benzene rings is 2. The molecule has 28 heavy (non-hydrogen) atoms. The zero-order chi connectivity index (χ0) is 20.3. The van der Waals surface area contributed by atoms with Gasteiger partial charge < -0.3 is 10.6 Å². The zero-order valence-corrected chi connectivity index (χ0v) is 16.6. The molecule has 0 heterocycles. The number of anilines is 2. The van der Waals surface area contributed by atoms with Gasteiger partial charge in [0.1, 0.15) is 0 Å². The van der Waals surface area contributed by atoms with Crippen LogP contribution in [0.3, 0.4) is 0 Å². The first-order chi connectivity index (χ1) is 13.2. The van der Waals surface area contributed by atoms with Crippen LogP contribution in [0.4, 0.5) is 11.4 Å². The lowest BCUT2D eigenvalue weighted by molar-refractivity contribution is -0.114. The molecule has 7 nitrogen and oxygen atoms in total. The van der Waals surface area contributed by atoms with Crippen molar-refractivity contribution in [1.29, 1.82) is 0 Å². The molecule has 1 aliphatic carbocycles. The molecule has 0 bridgehead atoms. The Morgan fingerprint density at radius 2 is 1.86 bits per heavy atom. The van der Waals surface area contributed by atoms with E-state index >= 15 is 0 Å². The van der Waals surface area contributed by atoms with Crippen LogP contribution in [0, 0.1) is 0 Å². The van der Waals surface area contributed by atoms with E-state index in [2.05, 4.69) is 21.4 Å². The molecule has 3 rings (SSSR count). The number of carbonyl (C=O) groups is 2. The fraction of sp³-hybridized carbons (Fsp3) is 0.300. The van der Waals surface area contributed by atoms with Gasteiger partial charge in [0, 0.05) is 12.6 Å². The van der Waals surface area contributed by atoms with Crippen molar-refractivity contribution in [1.82, 2.24) is 5.32 Å². The minimum Gasteiger partial charge on any atom is -0.345 e. The molecule has 1 atom stereocenters. The molecule has 0 radical (unpaired) electrons. The molecular formula is C20H23N3O4S. The van der Waals surface area contributed by atoms with Crippen LogP contribution in [-0.2, 0) is 21.2 Å². The monoisotopic (exact) mass is 401 g/mol. The second-order valence-corrected chi connectivity index (χ2v) is 8.68. The molecule has 2 amide bonds. The largest absolute Gasteiger partial charge is 0.345 e. The van der Waals surface area contributed by atoms with Gasteiger partial charge in [-0.15, -0.1) is 0 Å². The van der Waals surface area contributed by atoms with Crippen molar-refractivity contribution in [2.45, 2.75) is 32.2 Å². The van der Waals surface area contributed by atoms with Gasteiger partial charge in [-0.2, -0.15) is 0 Å². The van der Waals surface area contributed by atoms with Crippen molar-refractivity contribution in [2.24, 2.45) is 0 Å². The average Bonchev–Trinajstić information content (AvgIpc) is 2.61. The Balaban J connectivity index is 1.92. The molecule has 3 N–H and O–H groups in total. The minimum absolute atomic E-state index is 0.145. The lowest BCUT2D eigenvalue weighted by Gasteiger charge is -2.26. The van der Waals surface area contributed by atoms with E-state index in [1.807, 2.05) is 18.2 Å². The Hall–Kier alpha value is -2.87. The highest BCUT2D eigenvalue weighted by Crippen LogP contribution is 2.30. The van der Waals surface area contributed by atoms with Gasteiger partial charge >= 0.3 is 0 Å². The first-order valence-corrected chi connectivity index (χ1v) is 10.9. The molecule has 0 aliphatic heterocycles. The summed E-state index contributed by atoms with van der Waals surface area (Å²) in [5.41, 5.74) is 3.02. The maximum atomic E-state index is 13.0. The quantitative estimate of drug-likeness (QED) is 0.716.